The molecular formula is C24H23N5O4. The molecule has 5 rings (SSSR count). The molecule has 2 aliphatic heterocycles. The predicted molar refractivity (Wildman–Crippen MR) is 120 cm³/mol. The summed E-state index contributed by atoms with van der Waals surface area (Å²) in [6.07, 6.45) is 4.13. The van der Waals surface area contributed by atoms with Crippen LogP contribution in [0.5, 0.6) is 0 Å². The van der Waals surface area contributed by atoms with E-state index in [1.807, 2.05) is 26.1 Å². The largest absolute Gasteiger partial charge is 0.322 e. The van der Waals surface area contributed by atoms with Crippen molar-refractivity contribution >= 4 is 17.7 Å². The zero-order valence-electron chi connectivity index (χ0n) is 18.6. The Balaban J connectivity index is 1.53. The first-order valence-electron chi connectivity index (χ1n) is 10.7. The standard InChI is InChI=1S/C24H23N5O4/c1-13-8-21(31)27(2)12-18(13)22-17(10-25-28(22)3)14-4-5-16-15(9-14)11-29(24(16)33)19-6-7-20(30)26-23(19)32/h4-5,8-10,12,19H,6-7,11H2,1-3H3,(H,26,30,32)/t19-/m0/s1. The normalized spacial score (nSPS) is 18.0. The Labute approximate surface area is 189 Å². The minimum Gasteiger partial charge on any atom is -0.322 e. The molecule has 1 atom stereocenters. The number of rotatable bonds is 3. The Morgan fingerprint density at radius 3 is 2.58 bits per heavy atom. The second-order valence-electron chi connectivity index (χ2n) is 8.62. The van der Waals surface area contributed by atoms with E-state index in [0.29, 0.717) is 18.5 Å². The van der Waals surface area contributed by atoms with Crippen LogP contribution in [0.15, 0.2) is 41.5 Å². The van der Waals surface area contributed by atoms with Gasteiger partial charge in [-0.05, 0) is 42.2 Å². The van der Waals surface area contributed by atoms with Gasteiger partial charge in [-0.25, -0.2) is 0 Å². The third kappa shape index (κ3) is 3.36. The number of hydrogen-bond acceptors (Lipinski definition) is 5. The van der Waals surface area contributed by atoms with Gasteiger partial charge >= 0.3 is 0 Å². The molecule has 1 N–H and O–H groups in total. The Morgan fingerprint density at radius 1 is 1.03 bits per heavy atom. The molecule has 0 saturated carbocycles. The van der Waals surface area contributed by atoms with Gasteiger partial charge in [0.25, 0.3) is 11.5 Å². The zero-order valence-corrected chi connectivity index (χ0v) is 18.6. The maximum absolute atomic E-state index is 13.0. The van der Waals surface area contributed by atoms with Crippen molar-refractivity contribution in [2.24, 2.45) is 14.1 Å². The summed E-state index contributed by atoms with van der Waals surface area (Å²) in [5.41, 5.74) is 5.70. The van der Waals surface area contributed by atoms with E-state index in [1.54, 1.807) is 36.3 Å². The second-order valence-corrected chi connectivity index (χ2v) is 8.62. The zero-order chi connectivity index (χ0) is 23.4. The number of carbonyl (C=O) groups excluding carboxylic acids is 3. The molecule has 4 heterocycles. The van der Waals surface area contributed by atoms with E-state index < -0.39 is 11.9 Å². The van der Waals surface area contributed by atoms with Gasteiger partial charge < -0.3 is 9.47 Å². The van der Waals surface area contributed by atoms with Crippen molar-refractivity contribution in [3.8, 4) is 22.4 Å². The number of piperidine rings is 1. The van der Waals surface area contributed by atoms with Crippen molar-refractivity contribution in [3.63, 3.8) is 0 Å². The van der Waals surface area contributed by atoms with E-state index in [4.69, 9.17) is 0 Å². The Morgan fingerprint density at radius 2 is 1.82 bits per heavy atom. The number of amides is 3. The van der Waals surface area contributed by atoms with Gasteiger partial charge in [0.1, 0.15) is 6.04 Å². The van der Waals surface area contributed by atoms with Gasteiger partial charge in [-0.2, -0.15) is 5.10 Å². The van der Waals surface area contributed by atoms with Gasteiger partial charge in [-0.15, -0.1) is 0 Å². The molecule has 1 saturated heterocycles. The smallest absolute Gasteiger partial charge is 0.255 e. The Hall–Kier alpha value is -4.01. The first kappa shape index (κ1) is 20.9. The number of imide groups is 1. The summed E-state index contributed by atoms with van der Waals surface area (Å²) in [6.45, 7) is 2.20. The van der Waals surface area contributed by atoms with Gasteiger partial charge in [0.15, 0.2) is 0 Å². The number of carbonyl (C=O) groups is 3. The van der Waals surface area contributed by atoms with Crippen LogP contribution in [0.25, 0.3) is 22.4 Å². The number of nitrogens with one attached hydrogen (secondary N) is 1. The van der Waals surface area contributed by atoms with Crippen LogP contribution in [-0.4, -0.2) is 43.0 Å². The number of fused-ring (bicyclic) bond motifs is 1. The number of hydrogen-bond donors (Lipinski definition) is 1. The fourth-order valence-corrected chi connectivity index (χ4v) is 4.68. The molecule has 3 amide bonds. The third-order valence-electron chi connectivity index (χ3n) is 6.46. The number of aromatic nitrogens is 3. The van der Waals surface area contributed by atoms with E-state index in [2.05, 4.69) is 10.4 Å². The monoisotopic (exact) mass is 445 g/mol. The lowest BCUT2D eigenvalue weighted by molar-refractivity contribution is -0.136. The average molecular weight is 445 g/mol. The lowest BCUT2D eigenvalue weighted by Crippen LogP contribution is -2.52. The van der Waals surface area contributed by atoms with Crippen LogP contribution in [0.3, 0.4) is 0 Å². The lowest BCUT2D eigenvalue weighted by atomic mass is 9.97. The molecule has 0 radical (unpaired) electrons. The van der Waals surface area contributed by atoms with Crippen LogP contribution in [-0.2, 0) is 30.2 Å². The fourth-order valence-electron chi connectivity index (χ4n) is 4.68. The SMILES string of the molecule is Cc1cc(=O)n(C)cc1-c1c(-c2ccc3c(c2)CN([C@H]2CCC(=O)NC2=O)C3=O)cnn1C. The molecule has 9 heteroatoms. The maximum Gasteiger partial charge on any atom is 0.255 e. The Kier molecular flexibility index (Phi) is 4.77. The molecule has 9 nitrogen and oxygen atoms in total. The summed E-state index contributed by atoms with van der Waals surface area (Å²) in [5.74, 6) is -0.931. The fraction of sp³-hybridized carbons (Fsp3) is 0.292. The highest BCUT2D eigenvalue weighted by Gasteiger charge is 2.39. The predicted octanol–water partition coefficient (Wildman–Crippen LogP) is 1.52. The van der Waals surface area contributed by atoms with E-state index in [-0.39, 0.29) is 23.8 Å². The molecule has 0 unspecified atom stereocenters. The molecule has 2 aliphatic rings. The van der Waals surface area contributed by atoms with Crippen molar-refractivity contribution in [1.29, 1.82) is 0 Å². The molecule has 1 aromatic carbocycles. The summed E-state index contributed by atoms with van der Waals surface area (Å²) in [7, 11) is 3.57. The van der Waals surface area contributed by atoms with Gasteiger partial charge in [0.2, 0.25) is 11.8 Å². The number of nitrogens with zero attached hydrogens (tertiary/aromatic N) is 4. The van der Waals surface area contributed by atoms with Crippen LogP contribution in [0.1, 0.15) is 34.3 Å². The second kappa shape index (κ2) is 7.54. The Bertz CT molecular complexity index is 1400. The van der Waals surface area contributed by atoms with Crippen molar-refractivity contribution in [2.75, 3.05) is 0 Å². The van der Waals surface area contributed by atoms with Crippen LogP contribution in [0, 0.1) is 6.92 Å². The molecule has 168 valence electrons. The topological polar surface area (TPSA) is 106 Å². The molecule has 33 heavy (non-hydrogen) atoms. The number of benzene rings is 1. The third-order valence-corrected chi connectivity index (χ3v) is 6.46. The van der Waals surface area contributed by atoms with Gasteiger partial charge in [-0.3, -0.25) is 29.2 Å². The van der Waals surface area contributed by atoms with Crippen molar-refractivity contribution < 1.29 is 14.4 Å². The highest BCUT2D eigenvalue weighted by atomic mass is 16.2. The van der Waals surface area contributed by atoms with E-state index in [1.165, 1.54) is 9.47 Å². The highest BCUT2D eigenvalue weighted by Crippen LogP contribution is 2.36. The van der Waals surface area contributed by atoms with E-state index >= 15 is 0 Å². The van der Waals surface area contributed by atoms with E-state index in [0.717, 1.165) is 33.5 Å². The summed E-state index contributed by atoms with van der Waals surface area (Å²) < 4.78 is 3.31. The van der Waals surface area contributed by atoms with Crippen LogP contribution < -0.4 is 10.9 Å². The van der Waals surface area contributed by atoms with E-state index in [9.17, 15) is 19.2 Å². The van der Waals surface area contributed by atoms with Crippen molar-refractivity contribution in [2.45, 2.75) is 32.4 Å². The molecule has 0 spiro atoms. The minimum atomic E-state index is -0.645. The van der Waals surface area contributed by atoms with Crippen LogP contribution >= 0.6 is 0 Å². The molecular weight excluding hydrogens is 422 g/mol. The first-order chi connectivity index (χ1) is 15.7. The molecule has 2 aromatic heterocycles. The maximum atomic E-state index is 13.0. The highest BCUT2D eigenvalue weighted by molar-refractivity contribution is 6.05. The van der Waals surface area contributed by atoms with Gasteiger partial charge in [-0.1, -0.05) is 6.07 Å². The summed E-state index contributed by atoms with van der Waals surface area (Å²) in [6, 6.07) is 6.57. The number of pyridine rings is 1. The molecule has 0 aliphatic carbocycles. The van der Waals surface area contributed by atoms with Gasteiger partial charge in [0, 0.05) is 56.0 Å². The lowest BCUT2D eigenvalue weighted by Gasteiger charge is -2.29. The molecule has 3 aromatic rings. The molecule has 0 bridgehead atoms. The first-order valence-corrected chi connectivity index (χ1v) is 10.7. The average Bonchev–Trinajstić information content (AvgIpc) is 3.30. The van der Waals surface area contributed by atoms with Crippen LogP contribution in [0.2, 0.25) is 0 Å². The van der Waals surface area contributed by atoms with Gasteiger partial charge in [0.05, 0.1) is 11.9 Å². The number of aryl methyl sites for hydroxylation is 3. The quantitative estimate of drug-likeness (QED) is 0.616. The van der Waals surface area contributed by atoms with Crippen molar-refractivity contribution in [3.05, 3.63) is 63.7 Å². The molecule has 1 fully saturated rings. The summed E-state index contributed by atoms with van der Waals surface area (Å²) in [5, 5.41) is 6.77. The van der Waals surface area contributed by atoms with Crippen LogP contribution in [0.4, 0.5) is 0 Å². The minimum absolute atomic E-state index is 0.0791. The summed E-state index contributed by atoms with van der Waals surface area (Å²) in [4.78, 5) is 50.3. The van der Waals surface area contributed by atoms with Crippen molar-refractivity contribution in [1.82, 2.24) is 24.6 Å². The summed E-state index contributed by atoms with van der Waals surface area (Å²) >= 11 is 0.